The molecule has 146 valence electrons. The average Bonchev–Trinajstić information content (AvgIpc) is 3.13. The van der Waals surface area contributed by atoms with Gasteiger partial charge in [-0.15, -0.1) is 10.2 Å². The van der Waals surface area contributed by atoms with Crippen LogP contribution in [0.25, 0.3) is 11.5 Å². The summed E-state index contributed by atoms with van der Waals surface area (Å²) in [5.74, 6) is 1.42. The first kappa shape index (κ1) is 19.5. The summed E-state index contributed by atoms with van der Waals surface area (Å²) < 4.78 is 5.83. The fraction of sp³-hybridized carbons (Fsp3) is 0.550. The number of piperazine rings is 1. The van der Waals surface area contributed by atoms with Crippen LogP contribution in [-0.2, 0) is 11.3 Å². The van der Waals surface area contributed by atoms with E-state index in [1.54, 1.807) is 0 Å². The first-order valence-corrected chi connectivity index (χ1v) is 9.71. The molecular formula is C20H29N5O2. The number of hydrogen-bond donors (Lipinski definition) is 0. The molecule has 1 aromatic carbocycles. The van der Waals surface area contributed by atoms with Gasteiger partial charge in [-0.05, 0) is 32.9 Å². The summed E-state index contributed by atoms with van der Waals surface area (Å²) >= 11 is 0. The van der Waals surface area contributed by atoms with E-state index < -0.39 is 0 Å². The van der Waals surface area contributed by atoms with Crippen molar-refractivity contribution in [2.24, 2.45) is 0 Å². The van der Waals surface area contributed by atoms with Gasteiger partial charge in [0, 0.05) is 44.8 Å². The molecule has 3 rings (SSSR count). The molecule has 7 nitrogen and oxygen atoms in total. The molecule has 2 heterocycles. The Morgan fingerprint density at radius 1 is 1.04 bits per heavy atom. The number of amides is 1. The van der Waals surface area contributed by atoms with Crippen molar-refractivity contribution in [2.45, 2.75) is 27.3 Å². The van der Waals surface area contributed by atoms with Gasteiger partial charge < -0.3 is 9.32 Å². The summed E-state index contributed by atoms with van der Waals surface area (Å²) in [6.07, 6.45) is 0. The van der Waals surface area contributed by atoms with Crippen LogP contribution in [-0.4, -0.2) is 76.6 Å². The lowest BCUT2D eigenvalue weighted by Gasteiger charge is -2.34. The summed E-state index contributed by atoms with van der Waals surface area (Å²) in [7, 11) is 0. The van der Waals surface area contributed by atoms with Gasteiger partial charge in [0.15, 0.2) is 0 Å². The maximum atomic E-state index is 12.2. The smallest absolute Gasteiger partial charge is 0.247 e. The van der Waals surface area contributed by atoms with E-state index in [-0.39, 0.29) is 5.91 Å². The molecule has 7 heteroatoms. The number of benzene rings is 1. The number of carbonyl (C=O) groups is 1. The normalized spacial score (nSPS) is 15.8. The van der Waals surface area contributed by atoms with E-state index in [0.29, 0.717) is 24.9 Å². The minimum Gasteiger partial charge on any atom is -0.419 e. The summed E-state index contributed by atoms with van der Waals surface area (Å²) in [4.78, 5) is 18.6. The van der Waals surface area contributed by atoms with Crippen molar-refractivity contribution in [3.63, 3.8) is 0 Å². The van der Waals surface area contributed by atoms with Gasteiger partial charge in [-0.3, -0.25) is 14.6 Å². The molecule has 0 bridgehead atoms. The minimum atomic E-state index is 0.216. The van der Waals surface area contributed by atoms with Crippen LogP contribution >= 0.6 is 0 Å². The Hall–Kier alpha value is -2.25. The maximum absolute atomic E-state index is 12.2. The molecule has 1 aliphatic rings. The Morgan fingerprint density at radius 2 is 1.67 bits per heavy atom. The lowest BCUT2D eigenvalue weighted by atomic mass is 10.1. The van der Waals surface area contributed by atoms with E-state index in [4.69, 9.17) is 4.42 Å². The van der Waals surface area contributed by atoms with Gasteiger partial charge in [0.05, 0.1) is 13.1 Å². The van der Waals surface area contributed by atoms with Crippen molar-refractivity contribution in [3.8, 4) is 11.5 Å². The summed E-state index contributed by atoms with van der Waals surface area (Å²) in [5, 5.41) is 8.36. The topological polar surface area (TPSA) is 65.7 Å². The van der Waals surface area contributed by atoms with E-state index in [2.05, 4.69) is 26.9 Å². The summed E-state index contributed by atoms with van der Waals surface area (Å²) in [6.45, 7) is 12.4. The molecule has 2 aromatic rings. The zero-order chi connectivity index (χ0) is 19.2. The Morgan fingerprint density at radius 3 is 2.30 bits per heavy atom. The van der Waals surface area contributed by atoms with Crippen molar-refractivity contribution < 1.29 is 9.21 Å². The molecule has 0 saturated carbocycles. The number of likely N-dealkylation sites (N-methyl/N-ethyl adjacent to an activating group) is 1. The zero-order valence-electron chi connectivity index (χ0n) is 16.5. The SMILES string of the molecule is CCN(CC)C(=O)CN1CCN(Cc2nnc(-c3ccc(C)cc3)o2)CC1. The molecule has 0 unspecified atom stereocenters. The third kappa shape index (κ3) is 5.14. The Bertz CT molecular complexity index is 731. The summed E-state index contributed by atoms with van der Waals surface area (Å²) in [6, 6.07) is 8.08. The van der Waals surface area contributed by atoms with Crippen LogP contribution in [0.15, 0.2) is 28.7 Å². The van der Waals surface area contributed by atoms with Crippen molar-refractivity contribution in [1.82, 2.24) is 24.9 Å². The van der Waals surface area contributed by atoms with Gasteiger partial charge in [0.25, 0.3) is 0 Å². The minimum absolute atomic E-state index is 0.216. The molecular weight excluding hydrogens is 342 g/mol. The van der Waals surface area contributed by atoms with Crippen LogP contribution in [0.1, 0.15) is 25.3 Å². The Labute approximate surface area is 161 Å². The Balaban J connectivity index is 1.48. The molecule has 27 heavy (non-hydrogen) atoms. The number of aromatic nitrogens is 2. The maximum Gasteiger partial charge on any atom is 0.247 e. The molecule has 1 amide bonds. The third-order valence-corrected chi connectivity index (χ3v) is 5.06. The fourth-order valence-electron chi connectivity index (χ4n) is 3.29. The van der Waals surface area contributed by atoms with E-state index in [0.717, 1.165) is 44.8 Å². The molecule has 1 saturated heterocycles. The number of aryl methyl sites for hydroxylation is 1. The first-order chi connectivity index (χ1) is 13.1. The van der Waals surface area contributed by atoms with Crippen molar-refractivity contribution in [1.29, 1.82) is 0 Å². The predicted molar refractivity (Wildman–Crippen MR) is 104 cm³/mol. The van der Waals surface area contributed by atoms with E-state index in [9.17, 15) is 4.79 Å². The third-order valence-electron chi connectivity index (χ3n) is 5.06. The highest BCUT2D eigenvalue weighted by Crippen LogP contribution is 2.19. The Kier molecular flexibility index (Phi) is 6.58. The van der Waals surface area contributed by atoms with Gasteiger partial charge in [-0.2, -0.15) is 0 Å². The number of hydrogen-bond acceptors (Lipinski definition) is 6. The lowest BCUT2D eigenvalue weighted by Crippen LogP contribution is -2.49. The van der Waals surface area contributed by atoms with Crippen LogP contribution in [0.2, 0.25) is 0 Å². The first-order valence-electron chi connectivity index (χ1n) is 9.71. The zero-order valence-corrected chi connectivity index (χ0v) is 16.5. The molecule has 0 spiro atoms. The van der Waals surface area contributed by atoms with Crippen LogP contribution in [0.4, 0.5) is 0 Å². The fourth-order valence-corrected chi connectivity index (χ4v) is 3.29. The lowest BCUT2D eigenvalue weighted by molar-refractivity contribution is -0.132. The standard InChI is InChI=1S/C20H29N5O2/c1-4-25(5-2)19(26)15-24-12-10-23(11-13-24)14-18-21-22-20(27-18)17-8-6-16(3)7-9-17/h6-9H,4-5,10-15H2,1-3H3. The van der Waals surface area contributed by atoms with Crippen LogP contribution in [0.5, 0.6) is 0 Å². The second kappa shape index (κ2) is 9.10. The van der Waals surface area contributed by atoms with Crippen molar-refractivity contribution in [2.75, 3.05) is 45.8 Å². The second-order valence-electron chi connectivity index (χ2n) is 6.99. The van der Waals surface area contributed by atoms with E-state index in [1.165, 1.54) is 5.56 Å². The average molecular weight is 371 g/mol. The predicted octanol–water partition coefficient (Wildman–Crippen LogP) is 2.03. The van der Waals surface area contributed by atoms with Gasteiger partial charge in [0.1, 0.15) is 0 Å². The van der Waals surface area contributed by atoms with Crippen molar-refractivity contribution >= 4 is 5.91 Å². The molecule has 0 N–H and O–H groups in total. The van der Waals surface area contributed by atoms with Gasteiger partial charge in [-0.1, -0.05) is 17.7 Å². The van der Waals surface area contributed by atoms with Crippen LogP contribution < -0.4 is 0 Å². The summed E-state index contributed by atoms with van der Waals surface area (Å²) in [5.41, 5.74) is 2.15. The molecule has 1 fully saturated rings. The van der Waals surface area contributed by atoms with Gasteiger partial charge >= 0.3 is 0 Å². The van der Waals surface area contributed by atoms with Gasteiger partial charge in [0.2, 0.25) is 17.7 Å². The van der Waals surface area contributed by atoms with Gasteiger partial charge in [-0.25, -0.2) is 0 Å². The highest BCUT2D eigenvalue weighted by atomic mass is 16.4. The molecule has 0 radical (unpaired) electrons. The molecule has 1 aliphatic heterocycles. The number of nitrogens with zero attached hydrogens (tertiary/aromatic N) is 5. The number of rotatable bonds is 7. The van der Waals surface area contributed by atoms with E-state index >= 15 is 0 Å². The number of carbonyl (C=O) groups excluding carboxylic acids is 1. The second-order valence-corrected chi connectivity index (χ2v) is 6.99. The quantitative estimate of drug-likeness (QED) is 0.742. The van der Waals surface area contributed by atoms with E-state index in [1.807, 2.05) is 43.0 Å². The highest BCUT2D eigenvalue weighted by Gasteiger charge is 2.22. The molecule has 0 atom stereocenters. The highest BCUT2D eigenvalue weighted by molar-refractivity contribution is 5.78. The van der Waals surface area contributed by atoms with Crippen molar-refractivity contribution in [3.05, 3.63) is 35.7 Å². The molecule has 1 aromatic heterocycles. The van der Waals surface area contributed by atoms with Crippen LogP contribution in [0, 0.1) is 6.92 Å². The monoisotopic (exact) mass is 371 g/mol. The molecule has 0 aliphatic carbocycles. The van der Waals surface area contributed by atoms with Crippen LogP contribution in [0.3, 0.4) is 0 Å². The largest absolute Gasteiger partial charge is 0.419 e.